The van der Waals surface area contributed by atoms with Gasteiger partial charge in [0, 0.05) is 30.1 Å². The third-order valence-corrected chi connectivity index (χ3v) is 6.83. The van der Waals surface area contributed by atoms with Crippen molar-refractivity contribution < 1.29 is 28.7 Å². The Kier molecular flexibility index (Phi) is 6.56. The summed E-state index contributed by atoms with van der Waals surface area (Å²) in [7, 11) is 1.69. The van der Waals surface area contributed by atoms with Crippen molar-refractivity contribution in [3.8, 4) is 11.5 Å². The molecule has 1 aromatic heterocycles. The van der Waals surface area contributed by atoms with Crippen molar-refractivity contribution in [2.24, 2.45) is 0 Å². The number of likely N-dealkylation sites (N-methyl/N-ethyl adjacent to an activating group) is 1. The van der Waals surface area contributed by atoms with E-state index in [1.54, 1.807) is 11.9 Å². The number of aromatic amines is 1. The first-order valence-corrected chi connectivity index (χ1v) is 11.5. The monoisotopic (exact) mass is 699 g/mol. The van der Waals surface area contributed by atoms with Crippen LogP contribution in [0.5, 0.6) is 11.5 Å². The van der Waals surface area contributed by atoms with Crippen LogP contribution in [0.2, 0.25) is 0 Å². The molecule has 2 fully saturated rings. The van der Waals surface area contributed by atoms with Crippen LogP contribution in [0.3, 0.4) is 0 Å². The number of carbonyl (C=O) groups excluding carboxylic acids is 4. The number of H-pyrrole nitrogens is 1. The van der Waals surface area contributed by atoms with E-state index < -0.39 is 12.1 Å². The zero-order chi connectivity index (χ0) is 25.0. The summed E-state index contributed by atoms with van der Waals surface area (Å²) in [6, 6.07) is 12.5. The van der Waals surface area contributed by atoms with E-state index in [1.807, 2.05) is 41.7 Å². The minimum absolute atomic E-state index is 0. The summed E-state index contributed by atoms with van der Waals surface area (Å²) in [5.41, 5.74) is 3.97. The first kappa shape index (κ1) is 25.0. The maximum absolute atomic E-state index is 13.1. The van der Waals surface area contributed by atoms with Gasteiger partial charge in [0.05, 0.1) is 19.1 Å². The van der Waals surface area contributed by atoms with Crippen LogP contribution in [-0.4, -0.2) is 98.8 Å². The second-order valence-corrected chi connectivity index (χ2v) is 9.02. The van der Waals surface area contributed by atoms with Crippen molar-refractivity contribution in [1.29, 1.82) is 0 Å². The number of benzene rings is 2. The minimum atomic E-state index is -0.511. The Morgan fingerprint density at radius 2 is 1.78 bits per heavy atom. The zero-order valence-corrected chi connectivity index (χ0v) is 25.6. The number of rotatable bonds is 1. The van der Waals surface area contributed by atoms with Crippen molar-refractivity contribution in [3.63, 3.8) is 0 Å². The average Bonchev–Trinajstić information content (AvgIpc) is 3.59. The SMILES string of the molecule is CN1CC(=O)N2[C@H](c3ccc4c(c3)OCO4)c3[nH]c4ccccc4c3C[C@@H]2C1=O.O=C1CNC(=O)N1.[PbH2]. The third kappa shape index (κ3) is 4.30. The average molecular weight is 699 g/mol. The zero-order valence-electron chi connectivity index (χ0n) is 20.1. The number of hydrogen-bond donors (Lipinski definition) is 3. The molecular weight excluding hydrogens is 674 g/mol. The summed E-state index contributed by atoms with van der Waals surface area (Å²) in [5, 5.41) is 5.40. The second kappa shape index (κ2) is 9.69. The molecule has 0 aliphatic carbocycles. The maximum atomic E-state index is 13.1. The Morgan fingerprint density at radius 3 is 2.51 bits per heavy atom. The quantitative estimate of drug-likeness (QED) is 0.245. The van der Waals surface area contributed by atoms with E-state index >= 15 is 0 Å². The van der Waals surface area contributed by atoms with Crippen LogP contribution in [0.4, 0.5) is 4.79 Å². The topological polar surface area (TPSA) is 133 Å². The molecule has 4 aliphatic heterocycles. The number of piperazine rings is 1. The van der Waals surface area contributed by atoms with Gasteiger partial charge in [0.25, 0.3) is 0 Å². The molecule has 0 saturated carbocycles. The Labute approximate surface area is 231 Å². The number of nitrogens with zero attached hydrogens (tertiary/aromatic N) is 2. The molecule has 0 bridgehead atoms. The molecule has 3 N–H and O–H groups in total. The van der Waals surface area contributed by atoms with Gasteiger partial charge in [0.15, 0.2) is 11.5 Å². The van der Waals surface area contributed by atoms with Gasteiger partial charge < -0.3 is 29.6 Å². The summed E-state index contributed by atoms with van der Waals surface area (Å²) < 4.78 is 11.0. The number of aromatic nitrogens is 1. The van der Waals surface area contributed by atoms with Crippen LogP contribution in [0, 0.1) is 0 Å². The van der Waals surface area contributed by atoms with E-state index in [2.05, 4.69) is 16.4 Å². The molecule has 5 heterocycles. The van der Waals surface area contributed by atoms with E-state index in [1.165, 1.54) is 4.90 Å². The van der Waals surface area contributed by atoms with Crippen LogP contribution in [0.1, 0.15) is 22.9 Å². The number of ether oxygens (including phenoxy) is 2. The fourth-order valence-electron chi connectivity index (χ4n) is 5.21. The summed E-state index contributed by atoms with van der Waals surface area (Å²) in [5.74, 6) is 1.02. The third-order valence-electron chi connectivity index (χ3n) is 6.83. The van der Waals surface area contributed by atoms with Crippen molar-refractivity contribution in [2.45, 2.75) is 18.5 Å². The van der Waals surface area contributed by atoms with Gasteiger partial charge in [-0.2, -0.15) is 0 Å². The first-order valence-electron chi connectivity index (χ1n) is 11.5. The Bertz CT molecular complexity index is 1420. The van der Waals surface area contributed by atoms with Crippen LogP contribution < -0.4 is 20.1 Å². The fourth-order valence-corrected chi connectivity index (χ4v) is 5.21. The number of hydrogen-bond acceptors (Lipinski definition) is 6. The van der Waals surface area contributed by atoms with Crippen molar-refractivity contribution in [1.82, 2.24) is 25.4 Å². The molecule has 0 spiro atoms. The number of para-hydroxylation sites is 1. The van der Waals surface area contributed by atoms with Gasteiger partial charge in [0.1, 0.15) is 6.04 Å². The van der Waals surface area contributed by atoms with Gasteiger partial charge in [-0.15, -0.1) is 0 Å². The van der Waals surface area contributed by atoms with Gasteiger partial charge in [0.2, 0.25) is 24.5 Å². The summed E-state index contributed by atoms with van der Waals surface area (Å²) in [6.07, 6.45) is 0.509. The van der Waals surface area contributed by atoms with E-state index in [-0.39, 0.29) is 70.9 Å². The summed E-state index contributed by atoms with van der Waals surface area (Å²) >= 11 is 0. The van der Waals surface area contributed by atoms with Crippen molar-refractivity contribution in [2.75, 3.05) is 26.9 Å². The standard InChI is InChI=1S/C22H19N3O4.C3H4N2O2.Pb.2H/c1-24-10-19(26)25-16(22(24)27)9-14-13-4-2-3-5-15(13)23-20(14)21(25)12-6-7-17-18(8-12)29-11-28-17;6-2-1-4-3(7)5-2;;;/h2-8,16,21,23H,9-11H2,1H3;1H2,(H2,4,5,6,7);;;/t16-,21-;;;;/m1..../s1. The van der Waals surface area contributed by atoms with Gasteiger partial charge in [-0.1, -0.05) is 24.3 Å². The van der Waals surface area contributed by atoms with Crippen LogP contribution in [-0.2, 0) is 20.8 Å². The fraction of sp³-hybridized carbons (Fsp3) is 0.280. The number of fused-ring (bicyclic) bond motifs is 5. The van der Waals surface area contributed by atoms with Crippen LogP contribution in [0.15, 0.2) is 42.5 Å². The molecule has 190 valence electrons. The molecule has 11 nitrogen and oxygen atoms in total. The Morgan fingerprint density at radius 1 is 1.00 bits per heavy atom. The van der Waals surface area contributed by atoms with Gasteiger partial charge in [-0.25, -0.2) is 4.79 Å². The molecule has 4 aliphatic rings. The Balaban J connectivity index is 0.000000306. The number of carbonyl (C=O) groups is 4. The van der Waals surface area contributed by atoms with Crippen LogP contribution in [0.25, 0.3) is 10.9 Å². The van der Waals surface area contributed by atoms with Gasteiger partial charge >= 0.3 is 33.3 Å². The molecule has 2 saturated heterocycles. The summed E-state index contributed by atoms with van der Waals surface area (Å²) in [4.78, 5) is 53.0. The molecular formula is C25H25N5O6Pb. The second-order valence-electron chi connectivity index (χ2n) is 9.02. The van der Waals surface area contributed by atoms with E-state index in [0.29, 0.717) is 17.9 Å². The summed E-state index contributed by atoms with van der Waals surface area (Å²) in [6.45, 7) is 0.403. The van der Waals surface area contributed by atoms with E-state index in [4.69, 9.17) is 9.47 Å². The Hall–Kier alpha value is -3.62. The molecule has 2 atom stereocenters. The van der Waals surface area contributed by atoms with Gasteiger partial charge in [-0.3, -0.25) is 19.7 Å². The number of amides is 5. The molecule has 12 heteroatoms. The van der Waals surface area contributed by atoms with E-state index in [9.17, 15) is 19.2 Å². The molecule has 2 aromatic carbocycles. The predicted molar refractivity (Wildman–Crippen MR) is 135 cm³/mol. The van der Waals surface area contributed by atoms with E-state index in [0.717, 1.165) is 27.7 Å². The normalized spacial score (nSPS) is 21.4. The molecule has 3 aromatic rings. The van der Waals surface area contributed by atoms with Gasteiger partial charge in [-0.05, 0) is 29.3 Å². The van der Waals surface area contributed by atoms with Crippen molar-refractivity contribution in [3.05, 3.63) is 59.3 Å². The van der Waals surface area contributed by atoms with Crippen molar-refractivity contribution >= 4 is 62.0 Å². The molecule has 5 amide bonds. The predicted octanol–water partition coefficient (Wildman–Crippen LogP) is 0.121. The molecule has 2 radical (unpaired) electrons. The molecule has 7 rings (SSSR count). The number of imide groups is 1. The molecule has 0 unspecified atom stereocenters. The number of urea groups is 1. The number of nitrogens with one attached hydrogen (secondary N) is 3. The molecule has 37 heavy (non-hydrogen) atoms. The van der Waals surface area contributed by atoms with Crippen LogP contribution >= 0.6 is 0 Å². The first-order chi connectivity index (χ1) is 17.4.